The topological polar surface area (TPSA) is 46.6 Å². The lowest BCUT2D eigenvalue weighted by atomic mass is 10.0. The molecule has 2 aromatic rings. The molecule has 0 N–H and O–H groups in total. The molecular weight excluding hydrogens is 394 g/mol. The molecule has 0 aliphatic carbocycles. The highest BCUT2D eigenvalue weighted by molar-refractivity contribution is 9.09. The summed E-state index contributed by atoms with van der Waals surface area (Å²) in [5, 5.41) is 0.756. The molecule has 4 nitrogen and oxygen atoms in total. The summed E-state index contributed by atoms with van der Waals surface area (Å²) in [5.74, 6) is -0.518. The maximum atomic E-state index is 13.1. The van der Waals surface area contributed by atoms with Crippen LogP contribution in [0.1, 0.15) is 29.3 Å². The van der Waals surface area contributed by atoms with Gasteiger partial charge in [-0.3, -0.25) is 4.79 Å². The van der Waals surface area contributed by atoms with Gasteiger partial charge in [0.1, 0.15) is 6.04 Å². The molecule has 0 unspecified atom stereocenters. The second kappa shape index (κ2) is 10.8. The molecule has 0 fully saturated rings. The van der Waals surface area contributed by atoms with Gasteiger partial charge in [-0.2, -0.15) is 0 Å². The van der Waals surface area contributed by atoms with Gasteiger partial charge in [-0.15, -0.1) is 0 Å². The predicted octanol–water partition coefficient (Wildman–Crippen LogP) is 4.09. The summed E-state index contributed by atoms with van der Waals surface area (Å²) in [6.45, 7) is 2.55. The highest BCUT2D eigenvalue weighted by atomic mass is 79.9. The summed E-state index contributed by atoms with van der Waals surface area (Å²) in [6.07, 6.45) is 1.18. The highest BCUT2D eigenvalue weighted by Gasteiger charge is 2.31. The molecule has 0 aromatic heterocycles. The van der Waals surface area contributed by atoms with Gasteiger partial charge in [-0.25, -0.2) is 4.79 Å². The Balaban J connectivity index is 2.33. The van der Waals surface area contributed by atoms with Crippen molar-refractivity contribution in [3.8, 4) is 0 Å². The molecule has 0 aliphatic heterocycles. The maximum Gasteiger partial charge on any atom is 0.329 e. The predicted molar refractivity (Wildman–Crippen MR) is 106 cm³/mol. The monoisotopic (exact) mass is 417 g/mol. The number of esters is 1. The molecule has 0 radical (unpaired) electrons. The minimum absolute atomic E-state index is 0.152. The lowest BCUT2D eigenvalue weighted by Crippen LogP contribution is -2.47. The Morgan fingerprint density at radius 3 is 2.23 bits per heavy atom. The van der Waals surface area contributed by atoms with Gasteiger partial charge in [0.2, 0.25) is 0 Å². The average molecular weight is 418 g/mol. The van der Waals surface area contributed by atoms with Crippen LogP contribution in [0.3, 0.4) is 0 Å². The minimum Gasteiger partial charge on any atom is -0.464 e. The Labute approximate surface area is 163 Å². The van der Waals surface area contributed by atoms with Gasteiger partial charge < -0.3 is 9.64 Å². The molecule has 138 valence electrons. The van der Waals surface area contributed by atoms with E-state index in [9.17, 15) is 9.59 Å². The Morgan fingerprint density at radius 1 is 1.04 bits per heavy atom. The molecule has 0 spiro atoms. The molecule has 1 amide bonds. The second-order valence-corrected chi connectivity index (χ2v) is 6.66. The van der Waals surface area contributed by atoms with E-state index in [0.29, 0.717) is 18.5 Å². The SMILES string of the molecule is CCOC(=O)[C@H](Cc1ccccc1)N(CCCBr)C(=O)c1ccccc1. The highest BCUT2D eigenvalue weighted by Crippen LogP contribution is 2.16. The second-order valence-electron chi connectivity index (χ2n) is 5.86. The summed E-state index contributed by atoms with van der Waals surface area (Å²) in [4.78, 5) is 27.4. The van der Waals surface area contributed by atoms with Crippen LogP contribution in [-0.2, 0) is 16.0 Å². The van der Waals surface area contributed by atoms with Crippen molar-refractivity contribution in [3.05, 3.63) is 71.8 Å². The number of halogens is 1. The Morgan fingerprint density at radius 2 is 1.65 bits per heavy atom. The van der Waals surface area contributed by atoms with Crippen LogP contribution in [0.4, 0.5) is 0 Å². The van der Waals surface area contributed by atoms with Crippen molar-refractivity contribution in [2.24, 2.45) is 0 Å². The summed E-state index contributed by atoms with van der Waals surface area (Å²) in [7, 11) is 0. The number of carbonyl (C=O) groups is 2. The molecule has 0 saturated heterocycles. The number of ether oxygens (including phenoxy) is 1. The van der Waals surface area contributed by atoms with Crippen molar-refractivity contribution < 1.29 is 14.3 Å². The molecule has 0 aliphatic rings. The molecule has 0 saturated carbocycles. The van der Waals surface area contributed by atoms with Crippen molar-refractivity contribution in [1.82, 2.24) is 4.90 Å². The fourth-order valence-corrected chi connectivity index (χ4v) is 3.02. The van der Waals surface area contributed by atoms with Crippen molar-refractivity contribution >= 4 is 27.8 Å². The largest absolute Gasteiger partial charge is 0.464 e. The number of rotatable bonds is 9. The van der Waals surface area contributed by atoms with E-state index in [2.05, 4.69) is 15.9 Å². The number of amides is 1. The first-order valence-corrected chi connectivity index (χ1v) is 9.92. The van der Waals surface area contributed by atoms with E-state index in [4.69, 9.17) is 4.74 Å². The molecule has 0 bridgehead atoms. The quantitative estimate of drug-likeness (QED) is 0.455. The summed E-state index contributed by atoms with van der Waals surface area (Å²) in [5.41, 5.74) is 1.57. The molecule has 2 rings (SSSR count). The first kappa shape index (κ1) is 20.2. The standard InChI is InChI=1S/C21H24BrNO3/c1-2-26-21(25)19(16-17-10-5-3-6-11-17)23(15-9-14-22)20(24)18-12-7-4-8-13-18/h3-8,10-13,19H,2,9,14-16H2,1H3/t19-/m0/s1. The average Bonchev–Trinajstić information content (AvgIpc) is 2.68. The van der Waals surface area contributed by atoms with E-state index < -0.39 is 6.04 Å². The Kier molecular flexibility index (Phi) is 8.35. The Bertz CT molecular complexity index is 691. The van der Waals surface area contributed by atoms with Gasteiger partial charge >= 0.3 is 5.97 Å². The van der Waals surface area contributed by atoms with E-state index in [1.807, 2.05) is 48.5 Å². The fraction of sp³-hybridized carbons (Fsp3) is 0.333. The van der Waals surface area contributed by atoms with Crippen LogP contribution in [0, 0.1) is 0 Å². The molecule has 2 aromatic carbocycles. The van der Waals surface area contributed by atoms with Gasteiger partial charge in [0.15, 0.2) is 0 Å². The maximum absolute atomic E-state index is 13.1. The van der Waals surface area contributed by atoms with Crippen molar-refractivity contribution in [3.63, 3.8) is 0 Å². The van der Waals surface area contributed by atoms with E-state index in [1.165, 1.54) is 0 Å². The van der Waals surface area contributed by atoms with Crippen LogP contribution >= 0.6 is 15.9 Å². The summed E-state index contributed by atoms with van der Waals surface area (Å²) >= 11 is 3.41. The molecule has 1 atom stereocenters. The van der Waals surface area contributed by atoms with Crippen molar-refractivity contribution in [2.75, 3.05) is 18.5 Å². The van der Waals surface area contributed by atoms with Crippen LogP contribution in [-0.4, -0.2) is 41.3 Å². The van der Waals surface area contributed by atoms with E-state index >= 15 is 0 Å². The van der Waals surface area contributed by atoms with E-state index in [0.717, 1.165) is 17.3 Å². The van der Waals surface area contributed by atoms with Gasteiger partial charge in [-0.1, -0.05) is 64.5 Å². The van der Waals surface area contributed by atoms with Crippen LogP contribution in [0.15, 0.2) is 60.7 Å². The van der Waals surface area contributed by atoms with E-state index in [-0.39, 0.29) is 18.5 Å². The molecular formula is C21H24BrNO3. The van der Waals surface area contributed by atoms with Crippen LogP contribution in [0.5, 0.6) is 0 Å². The fourth-order valence-electron chi connectivity index (χ4n) is 2.77. The van der Waals surface area contributed by atoms with Crippen LogP contribution < -0.4 is 0 Å². The number of benzene rings is 2. The number of alkyl halides is 1. The molecule has 0 heterocycles. The minimum atomic E-state index is -0.649. The zero-order valence-electron chi connectivity index (χ0n) is 14.9. The number of hydrogen-bond acceptors (Lipinski definition) is 3. The molecule has 5 heteroatoms. The van der Waals surface area contributed by atoms with Gasteiger partial charge in [0.25, 0.3) is 5.91 Å². The van der Waals surface area contributed by atoms with Crippen molar-refractivity contribution in [2.45, 2.75) is 25.8 Å². The van der Waals surface area contributed by atoms with Gasteiger partial charge in [0, 0.05) is 23.9 Å². The lowest BCUT2D eigenvalue weighted by Gasteiger charge is -2.30. The zero-order chi connectivity index (χ0) is 18.8. The van der Waals surface area contributed by atoms with Gasteiger partial charge in [0.05, 0.1) is 6.61 Å². The first-order valence-electron chi connectivity index (χ1n) is 8.80. The summed E-state index contributed by atoms with van der Waals surface area (Å²) in [6, 6.07) is 18.1. The number of nitrogens with zero attached hydrogens (tertiary/aromatic N) is 1. The Hall–Kier alpha value is -2.14. The van der Waals surface area contributed by atoms with Crippen LogP contribution in [0.25, 0.3) is 0 Å². The normalized spacial score (nSPS) is 11.6. The summed E-state index contributed by atoms with van der Waals surface area (Å²) < 4.78 is 5.28. The van der Waals surface area contributed by atoms with Gasteiger partial charge in [-0.05, 0) is 31.0 Å². The van der Waals surface area contributed by atoms with Crippen LogP contribution in [0.2, 0.25) is 0 Å². The smallest absolute Gasteiger partial charge is 0.329 e. The third-order valence-electron chi connectivity index (χ3n) is 4.02. The number of carbonyl (C=O) groups excluding carboxylic acids is 2. The van der Waals surface area contributed by atoms with E-state index in [1.54, 1.807) is 24.0 Å². The first-order chi connectivity index (χ1) is 12.7. The third-order valence-corrected chi connectivity index (χ3v) is 4.58. The lowest BCUT2D eigenvalue weighted by molar-refractivity contribution is -0.148. The molecule has 26 heavy (non-hydrogen) atoms. The number of hydrogen-bond donors (Lipinski definition) is 0. The third kappa shape index (κ3) is 5.70. The zero-order valence-corrected chi connectivity index (χ0v) is 16.5. The van der Waals surface area contributed by atoms with Crippen molar-refractivity contribution in [1.29, 1.82) is 0 Å².